The van der Waals surface area contributed by atoms with Crippen LogP contribution in [0.2, 0.25) is 0 Å². The van der Waals surface area contributed by atoms with Crippen molar-refractivity contribution in [3.8, 4) is 0 Å². The van der Waals surface area contributed by atoms with Gasteiger partial charge in [-0.3, -0.25) is 4.79 Å². The summed E-state index contributed by atoms with van der Waals surface area (Å²) in [5.41, 5.74) is 0.373. The standard InChI is InChI=1S/C11H13FO2/c1-8(2)14-11(13)7-9-5-3-4-6-10(9)12/h3-6,8H,7H2,1-2H3. The molecule has 76 valence electrons. The molecule has 14 heavy (non-hydrogen) atoms. The van der Waals surface area contributed by atoms with E-state index in [-0.39, 0.29) is 18.3 Å². The summed E-state index contributed by atoms with van der Waals surface area (Å²) in [7, 11) is 0. The minimum Gasteiger partial charge on any atom is -0.463 e. The number of halogens is 1. The van der Waals surface area contributed by atoms with E-state index in [2.05, 4.69) is 0 Å². The Morgan fingerprint density at radius 2 is 2.07 bits per heavy atom. The second kappa shape index (κ2) is 4.74. The van der Waals surface area contributed by atoms with Crippen LogP contribution in [0.3, 0.4) is 0 Å². The molecule has 0 spiro atoms. The monoisotopic (exact) mass is 196 g/mol. The number of hydrogen-bond donors (Lipinski definition) is 0. The lowest BCUT2D eigenvalue weighted by Crippen LogP contribution is -2.14. The predicted octanol–water partition coefficient (Wildman–Crippen LogP) is 2.32. The van der Waals surface area contributed by atoms with Gasteiger partial charge in [-0.25, -0.2) is 4.39 Å². The van der Waals surface area contributed by atoms with Crippen LogP contribution in [0.4, 0.5) is 4.39 Å². The van der Waals surface area contributed by atoms with Gasteiger partial charge in [-0.2, -0.15) is 0 Å². The highest BCUT2D eigenvalue weighted by Crippen LogP contribution is 2.08. The average Bonchev–Trinajstić information content (AvgIpc) is 2.07. The van der Waals surface area contributed by atoms with E-state index >= 15 is 0 Å². The van der Waals surface area contributed by atoms with Gasteiger partial charge in [0.1, 0.15) is 5.82 Å². The maximum absolute atomic E-state index is 13.1. The lowest BCUT2D eigenvalue weighted by molar-refractivity contribution is -0.146. The first kappa shape index (κ1) is 10.7. The molecule has 0 fully saturated rings. The minimum atomic E-state index is -0.398. The van der Waals surface area contributed by atoms with Crippen LogP contribution < -0.4 is 0 Å². The number of esters is 1. The highest BCUT2D eigenvalue weighted by atomic mass is 19.1. The molecule has 0 unspecified atom stereocenters. The van der Waals surface area contributed by atoms with Crippen molar-refractivity contribution < 1.29 is 13.9 Å². The number of carbonyl (C=O) groups is 1. The molecule has 0 aliphatic carbocycles. The lowest BCUT2D eigenvalue weighted by Gasteiger charge is -2.07. The second-order valence-corrected chi connectivity index (χ2v) is 3.31. The fourth-order valence-corrected chi connectivity index (χ4v) is 1.10. The largest absolute Gasteiger partial charge is 0.463 e. The Morgan fingerprint density at radius 3 is 2.64 bits per heavy atom. The first-order valence-corrected chi connectivity index (χ1v) is 4.52. The minimum absolute atomic E-state index is 0.00907. The number of carbonyl (C=O) groups excluding carboxylic acids is 1. The van der Waals surface area contributed by atoms with Crippen LogP contribution in [-0.4, -0.2) is 12.1 Å². The molecule has 1 rings (SSSR count). The maximum atomic E-state index is 13.1. The van der Waals surface area contributed by atoms with Gasteiger partial charge >= 0.3 is 5.97 Å². The van der Waals surface area contributed by atoms with Crippen LogP contribution in [0.5, 0.6) is 0 Å². The van der Waals surface area contributed by atoms with Crippen molar-refractivity contribution in [1.29, 1.82) is 0 Å². The molecule has 1 aromatic carbocycles. The summed E-state index contributed by atoms with van der Waals surface area (Å²) in [4.78, 5) is 11.2. The van der Waals surface area contributed by atoms with Gasteiger partial charge in [0.15, 0.2) is 0 Å². The molecule has 0 radical (unpaired) electrons. The maximum Gasteiger partial charge on any atom is 0.310 e. The third-order valence-corrected chi connectivity index (χ3v) is 1.66. The number of hydrogen-bond acceptors (Lipinski definition) is 2. The SMILES string of the molecule is CC(C)OC(=O)Cc1ccccc1F. The van der Waals surface area contributed by atoms with Crippen molar-refractivity contribution in [2.75, 3.05) is 0 Å². The fraction of sp³-hybridized carbons (Fsp3) is 0.364. The van der Waals surface area contributed by atoms with Gasteiger partial charge in [0.25, 0.3) is 0 Å². The van der Waals surface area contributed by atoms with Crippen LogP contribution in [0.25, 0.3) is 0 Å². The Labute approximate surface area is 82.7 Å². The van der Waals surface area contributed by atoms with Crippen molar-refractivity contribution >= 4 is 5.97 Å². The zero-order valence-electron chi connectivity index (χ0n) is 8.29. The Balaban J connectivity index is 2.61. The topological polar surface area (TPSA) is 26.3 Å². The summed E-state index contributed by atoms with van der Waals surface area (Å²) in [5.74, 6) is -0.765. The van der Waals surface area contributed by atoms with E-state index < -0.39 is 5.97 Å². The first-order chi connectivity index (χ1) is 6.59. The summed E-state index contributed by atoms with van der Waals surface area (Å²) in [6.07, 6.45) is -0.167. The summed E-state index contributed by atoms with van der Waals surface area (Å²) in [6.45, 7) is 3.53. The average molecular weight is 196 g/mol. The van der Waals surface area contributed by atoms with Gasteiger partial charge in [-0.15, -0.1) is 0 Å². The molecule has 2 nitrogen and oxygen atoms in total. The Morgan fingerprint density at radius 1 is 1.43 bits per heavy atom. The summed E-state index contributed by atoms with van der Waals surface area (Å²) in [6, 6.07) is 6.20. The highest BCUT2D eigenvalue weighted by Gasteiger charge is 2.09. The van der Waals surface area contributed by atoms with Gasteiger partial charge in [-0.05, 0) is 25.5 Å². The lowest BCUT2D eigenvalue weighted by atomic mass is 10.1. The molecule has 0 atom stereocenters. The quantitative estimate of drug-likeness (QED) is 0.693. The summed E-state index contributed by atoms with van der Waals surface area (Å²) < 4.78 is 18.0. The molecule has 0 bridgehead atoms. The van der Waals surface area contributed by atoms with Crippen LogP contribution >= 0.6 is 0 Å². The third-order valence-electron chi connectivity index (χ3n) is 1.66. The smallest absolute Gasteiger partial charge is 0.310 e. The van der Waals surface area contributed by atoms with E-state index in [0.29, 0.717) is 5.56 Å². The molecule has 3 heteroatoms. The van der Waals surface area contributed by atoms with Crippen molar-refractivity contribution in [2.24, 2.45) is 0 Å². The zero-order valence-corrected chi connectivity index (χ0v) is 8.29. The molecule has 0 heterocycles. The fourth-order valence-electron chi connectivity index (χ4n) is 1.10. The van der Waals surface area contributed by atoms with Crippen LogP contribution in [0.15, 0.2) is 24.3 Å². The Kier molecular flexibility index (Phi) is 3.63. The normalized spacial score (nSPS) is 10.3. The van der Waals surface area contributed by atoms with Gasteiger partial charge in [0, 0.05) is 0 Å². The van der Waals surface area contributed by atoms with Crippen molar-refractivity contribution in [3.05, 3.63) is 35.6 Å². The molecule has 1 aromatic rings. The van der Waals surface area contributed by atoms with E-state index in [4.69, 9.17) is 4.74 Å². The van der Waals surface area contributed by atoms with Crippen molar-refractivity contribution in [3.63, 3.8) is 0 Å². The summed E-state index contributed by atoms with van der Waals surface area (Å²) >= 11 is 0. The highest BCUT2D eigenvalue weighted by molar-refractivity contribution is 5.72. The van der Waals surface area contributed by atoms with Gasteiger partial charge < -0.3 is 4.74 Å². The van der Waals surface area contributed by atoms with Crippen molar-refractivity contribution in [2.45, 2.75) is 26.4 Å². The first-order valence-electron chi connectivity index (χ1n) is 4.52. The molecule has 0 aliphatic rings. The molecule has 0 N–H and O–H groups in total. The number of rotatable bonds is 3. The van der Waals surface area contributed by atoms with Gasteiger partial charge in [-0.1, -0.05) is 18.2 Å². The van der Waals surface area contributed by atoms with E-state index in [9.17, 15) is 9.18 Å². The third kappa shape index (κ3) is 3.17. The molecular weight excluding hydrogens is 183 g/mol. The van der Waals surface area contributed by atoms with Crippen LogP contribution in [0.1, 0.15) is 19.4 Å². The second-order valence-electron chi connectivity index (χ2n) is 3.31. The van der Waals surface area contributed by atoms with Crippen molar-refractivity contribution in [1.82, 2.24) is 0 Å². The van der Waals surface area contributed by atoms with E-state index in [1.165, 1.54) is 6.07 Å². The zero-order chi connectivity index (χ0) is 10.6. The van der Waals surface area contributed by atoms with Gasteiger partial charge in [0.05, 0.1) is 12.5 Å². The van der Waals surface area contributed by atoms with E-state index in [1.54, 1.807) is 32.0 Å². The van der Waals surface area contributed by atoms with E-state index in [1.807, 2.05) is 0 Å². The molecule has 0 aliphatic heterocycles. The molecule has 0 aromatic heterocycles. The predicted molar refractivity (Wildman–Crippen MR) is 51.3 cm³/mol. The molecule has 0 saturated heterocycles. The summed E-state index contributed by atoms with van der Waals surface area (Å²) in [5, 5.41) is 0. The molecular formula is C11H13FO2. The van der Waals surface area contributed by atoms with E-state index in [0.717, 1.165) is 0 Å². The van der Waals surface area contributed by atoms with Crippen LogP contribution in [0, 0.1) is 5.82 Å². The molecule has 0 amide bonds. The number of ether oxygens (including phenoxy) is 1. The number of benzene rings is 1. The Bertz CT molecular complexity index is 321. The van der Waals surface area contributed by atoms with Crippen LogP contribution in [-0.2, 0) is 16.0 Å². The van der Waals surface area contributed by atoms with Gasteiger partial charge in [0.2, 0.25) is 0 Å². The Hall–Kier alpha value is -1.38. The molecule has 0 saturated carbocycles.